The number of aliphatic hydroxyl groups is 1. The lowest BCUT2D eigenvalue weighted by atomic mass is 10.0. The minimum atomic E-state index is -0.537. The molecule has 1 atom stereocenters. The molecular formula is C20H41O2. The predicted octanol–water partition coefficient (Wildman–Crippen LogP) is 6.29. The Labute approximate surface area is 139 Å². The third-order valence-corrected chi connectivity index (χ3v) is 4.51. The second-order valence-corrected chi connectivity index (χ2v) is 7.35. The van der Waals surface area contributed by atoms with E-state index >= 15 is 0 Å². The molecule has 0 aliphatic heterocycles. The molecule has 2 heteroatoms. The summed E-state index contributed by atoms with van der Waals surface area (Å²) in [5.74, 6) is 0.870. The average Bonchev–Trinajstić information content (AvgIpc) is 2.47. The van der Waals surface area contributed by atoms with Crippen molar-refractivity contribution < 1.29 is 10.2 Å². The molecule has 0 aromatic carbocycles. The average molecular weight is 314 g/mol. The molecule has 22 heavy (non-hydrogen) atoms. The first-order valence-corrected chi connectivity index (χ1v) is 9.93. The van der Waals surface area contributed by atoms with Crippen LogP contribution in [0.5, 0.6) is 0 Å². The highest BCUT2D eigenvalue weighted by molar-refractivity contribution is 4.55. The number of hydrogen-bond acceptors (Lipinski definition) is 1. The lowest BCUT2D eigenvalue weighted by Gasteiger charge is -2.06. The lowest BCUT2D eigenvalue weighted by molar-refractivity contribution is 0.0554. The zero-order chi connectivity index (χ0) is 16.5. The van der Waals surface area contributed by atoms with E-state index in [1.807, 2.05) is 0 Å². The van der Waals surface area contributed by atoms with Crippen LogP contribution in [0.1, 0.15) is 110 Å². The van der Waals surface area contributed by atoms with Gasteiger partial charge in [-0.2, -0.15) is 0 Å². The van der Waals surface area contributed by atoms with Gasteiger partial charge in [-0.1, -0.05) is 97.3 Å². The normalized spacial score (nSPS) is 13.0. The van der Waals surface area contributed by atoms with E-state index in [4.69, 9.17) is 5.11 Å². The van der Waals surface area contributed by atoms with Crippen LogP contribution >= 0.6 is 0 Å². The van der Waals surface area contributed by atoms with Crippen molar-refractivity contribution in [3.8, 4) is 0 Å². The van der Waals surface area contributed by atoms with E-state index < -0.39 is 6.10 Å². The Morgan fingerprint density at radius 2 is 0.955 bits per heavy atom. The van der Waals surface area contributed by atoms with Crippen LogP contribution in [0.15, 0.2) is 0 Å². The molecule has 0 saturated heterocycles. The highest BCUT2D eigenvalue weighted by atomic mass is 16.3. The summed E-state index contributed by atoms with van der Waals surface area (Å²) in [5, 5.41) is 20.0. The molecule has 0 aromatic rings. The van der Waals surface area contributed by atoms with Crippen molar-refractivity contribution in [3.05, 3.63) is 0 Å². The summed E-state index contributed by atoms with van der Waals surface area (Å²) >= 11 is 0. The Morgan fingerprint density at radius 1 is 0.591 bits per heavy atom. The predicted molar refractivity (Wildman–Crippen MR) is 95.7 cm³/mol. The van der Waals surface area contributed by atoms with Crippen LogP contribution in [0, 0.1) is 5.92 Å². The van der Waals surface area contributed by atoms with Crippen molar-refractivity contribution in [1.29, 1.82) is 0 Å². The van der Waals surface area contributed by atoms with Gasteiger partial charge in [-0.25, -0.2) is 5.11 Å². The molecule has 1 N–H and O–H groups in total. The molecule has 0 aliphatic rings. The van der Waals surface area contributed by atoms with E-state index in [1.165, 1.54) is 77.0 Å². The van der Waals surface area contributed by atoms with Gasteiger partial charge in [-0.3, -0.25) is 0 Å². The van der Waals surface area contributed by atoms with Crippen molar-refractivity contribution >= 4 is 0 Å². The Hall–Kier alpha value is -0.0800. The number of hydrogen-bond donors (Lipinski definition) is 1. The maximum atomic E-state index is 11.3. The van der Waals surface area contributed by atoms with Crippen molar-refractivity contribution in [1.82, 2.24) is 0 Å². The van der Waals surface area contributed by atoms with Crippen molar-refractivity contribution in [2.45, 2.75) is 116 Å². The maximum Gasteiger partial charge on any atom is 0.0951 e. The molecule has 1 unspecified atom stereocenters. The molecule has 0 spiro atoms. The molecule has 0 aliphatic carbocycles. The van der Waals surface area contributed by atoms with Gasteiger partial charge in [0.1, 0.15) is 0 Å². The number of unbranched alkanes of at least 4 members (excludes halogenated alkanes) is 11. The Bertz CT molecular complexity index is 204. The maximum absolute atomic E-state index is 11.3. The fraction of sp³-hybridized carbons (Fsp3) is 1.00. The monoisotopic (exact) mass is 313 g/mol. The third kappa shape index (κ3) is 18.0. The SMILES string of the molecule is CC(C)CCCCCCCCCCCCCCC([O])CCO. The molecule has 2 nitrogen and oxygen atoms in total. The third-order valence-electron chi connectivity index (χ3n) is 4.51. The molecule has 0 amide bonds. The Morgan fingerprint density at radius 3 is 1.32 bits per heavy atom. The highest BCUT2D eigenvalue weighted by Crippen LogP contribution is 2.14. The van der Waals surface area contributed by atoms with Crippen molar-refractivity contribution in [3.63, 3.8) is 0 Å². The van der Waals surface area contributed by atoms with Crippen LogP contribution in [-0.4, -0.2) is 17.8 Å². The summed E-state index contributed by atoms with van der Waals surface area (Å²) in [4.78, 5) is 0. The fourth-order valence-corrected chi connectivity index (χ4v) is 2.98. The first-order chi connectivity index (χ1) is 10.7. The molecular weight excluding hydrogens is 272 g/mol. The van der Waals surface area contributed by atoms with E-state index in [2.05, 4.69) is 13.8 Å². The van der Waals surface area contributed by atoms with E-state index in [-0.39, 0.29) is 6.61 Å². The van der Waals surface area contributed by atoms with Gasteiger partial charge >= 0.3 is 0 Å². The van der Waals surface area contributed by atoms with Gasteiger partial charge in [0.25, 0.3) is 0 Å². The second-order valence-electron chi connectivity index (χ2n) is 7.35. The summed E-state index contributed by atoms with van der Waals surface area (Å²) < 4.78 is 0. The van der Waals surface area contributed by atoms with Crippen LogP contribution in [0.3, 0.4) is 0 Å². The van der Waals surface area contributed by atoms with Crippen LogP contribution in [0.2, 0.25) is 0 Å². The van der Waals surface area contributed by atoms with Crippen LogP contribution in [0.25, 0.3) is 0 Å². The molecule has 1 radical (unpaired) electrons. The standard InChI is InChI=1S/C20H41O2/c1-19(2)15-13-11-9-7-5-3-4-6-8-10-12-14-16-20(22)17-18-21/h19-21H,3-18H2,1-2H3. The van der Waals surface area contributed by atoms with Crippen LogP contribution in [0.4, 0.5) is 0 Å². The van der Waals surface area contributed by atoms with Gasteiger partial charge in [0.15, 0.2) is 0 Å². The van der Waals surface area contributed by atoms with Gasteiger partial charge in [0.05, 0.1) is 6.10 Å². The minimum absolute atomic E-state index is 0.0475. The molecule has 0 heterocycles. The quantitative estimate of drug-likeness (QED) is 0.315. The second kappa shape index (κ2) is 17.3. The summed E-state index contributed by atoms with van der Waals surface area (Å²) in [5.41, 5.74) is 0. The first-order valence-electron chi connectivity index (χ1n) is 9.93. The summed E-state index contributed by atoms with van der Waals surface area (Å²) in [7, 11) is 0. The fourth-order valence-electron chi connectivity index (χ4n) is 2.98. The van der Waals surface area contributed by atoms with E-state index in [0.29, 0.717) is 6.42 Å². The Balaban J connectivity index is 3.02. The molecule has 0 rings (SSSR count). The number of aliphatic hydroxyl groups excluding tert-OH is 1. The van der Waals surface area contributed by atoms with E-state index in [1.54, 1.807) is 0 Å². The van der Waals surface area contributed by atoms with Crippen LogP contribution in [-0.2, 0) is 5.11 Å². The highest BCUT2D eigenvalue weighted by Gasteiger charge is 2.04. The van der Waals surface area contributed by atoms with E-state index in [0.717, 1.165) is 18.8 Å². The molecule has 133 valence electrons. The van der Waals surface area contributed by atoms with Crippen LogP contribution < -0.4 is 0 Å². The van der Waals surface area contributed by atoms with Crippen molar-refractivity contribution in [2.75, 3.05) is 6.61 Å². The zero-order valence-corrected chi connectivity index (χ0v) is 15.3. The first kappa shape index (κ1) is 21.9. The van der Waals surface area contributed by atoms with Crippen molar-refractivity contribution in [2.24, 2.45) is 5.92 Å². The molecule has 0 fully saturated rings. The Kier molecular flexibility index (Phi) is 17.2. The summed E-state index contributed by atoms with van der Waals surface area (Å²) in [6.07, 6.45) is 18.2. The van der Waals surface area contributed by atoms with Gasteiger partial charge < -0.3 is 5.11 Å². The van der Waals surface area contributed by atoms with E-state index in [9.17, 15) is 5.11 Å². The smallest absolute Gasteiger partial charge is 0.0951 e. The van der Waals surface area contributed by atoms with Gasteiger partial charge in [-0.05, 0) is 18.8 Å². The number of rotatable bonds is 17. The molecule has 0 aromatic heterocycles. The molecule has 0 bridgehead atoms. The van der Waals surface area contributed by atoms with Gasteiger partial charge in [-0.15, -0.1) is 0 Å². The van der Waals surface area contributed by atoms with Gasteiger partial charge in [0.2, 0.25) is 0 Å². The topological polar surface area (TPSA) is 40.1 Å². The zero-order valence-electron chi connectivity index (χ0n) is 15.3. The molecule has 0 saturated carbocycles. The van der Waals surface area contributed by atoms with Gasteiger partial charge in [0, 0.05) is 6.61 Å². The largest absolute Gasteiger partial charge is 0.396 e. The summed E-state index contributed by atoms with van der Waals surface area (Å²) in [6.45, 7) is 4.67. The minimum Gasteiger partial charge on any atom is -0.396 e. The summed E-state index contributed by atoms with van der Waals surface area (Å²) in [6, 6.07) is 0. The lowest BCUT2D eigenvalue weighted by Crippen LogP contribution is -2.06.